The van der Waals surface area contributed by atoms with Gasteiger partial charge in [0, 0.05) is 11.4 Å². The molecule has 1 aromatic heterocycles. The largest absolute Gasteiger partial charge is 0.295 e. The van der Waals surface area contributed by atoms with Crippen LogP contribution >= 0.6 is 0 Å². The highest BCUT2D eigenvalue weighted by Gasteiger charge is 2.18. The van der Waals surface area contributed by atoms with Crippen LogP contribution in [0.1, 0.15) is 43.9 Å². The Kier molecular flexibility index (Phi) is 3.96. The number of aromatic nitrogens is 2. The third kappa shape index (κ3) is 2.75. The van der Waals surface area contributed by atoms with E-state index in [0.717, 1.165) is 24.2 Å². The van der Waals surface area contributed by atoms with Crippen LogP contribution in [0, 0.1) is 12.7 Å². The Hall–Kier alpha value is -2.17. The molecule has 0 spiro atoms. The average molecular weight is 301 g/mol. The van der Waals surface area contributed by atoms with Crippen LogP contribution in [-0.2, 0) is 0 Å². The van der Waals surface area contributed by atoms with Gasteiger partial charge >= 0.3 is 0 Å². The molecule has 1 aromatic carbocycles. The fourth-order valence-electron chi connectivity index (χ4n) is 3.12. The quantitative estimate of drug-likeness (QED) is 0.868. The SMILES string of the molecule is CC(=NC1CCCC1)c1c(C)[nH]n(-c2ccc(F)cc2)c1=O. The van der Waals surface area contributed by atoms with Gasteiger partial charge in [-0.05, 0) is 51.0 Å². The number of aromatic amines is 1. The average Bonchev–Trinajstić information content (AvgIpc) is 3.08. The minimum atomic E-state index is -0.320. The van der Waals surface area contributed by atoms with E-state index in [-0.39, 0.29) is 11.4 Å². The van der Waals surface area contributed by atoms with Gasteiger partial charge in [0.15, 0.2) is 0 Å². The Balaban J connectivity index is 1.99. The molecule has 1 fully saturated rings. The number of aliphatic imine (C=N–C) groups is 1. The molecule has 1 N–H and O–H groups in total. The van der Waals surface area contributed by atoms with Gasteiger partial charge in [0.05, 0.1) is 17.3 Å². The first-order valence-corrected chi connectivity index (χ1v) is 7.68. The number of H-pyrrole nitrogens is 1. The first-order chi connectivity index (χ1) is 10.6. The van der Waals surface area contributed by atoms with Crippen LogP contribution in [0.15, 0.2) is 34.1 Å². The van der Waals surface area contributed by atoms with Gasteiger partial charge in [0.25, 0.3) is 5.56 Å². The van der Waals surface area contributed by atoms with Gasteiger partial charge in [-0.1, -0.05) is 12.8 Å². The number of nitrogens with one attached hydrogen (secondary N) is 1. The van der Waals surface area contributed by atoms with E-state index in [1.165, 1.54) is 29.7 Å². The van der Waals surface area contributed by atoms with Crippen molar-refractivity contribution in [1.29, 1.82) is 0 Å². The third-order valence-electron chi connectivity index (χ3n) is 4.22. The van der Waals surface area contributed by atoms with Gasteiger partial charge in [-0.25, -0.2) is 9.07 Å². The molecule has 4 nitrogen and oxygen atoms in total. The van der Waals surface area contributed by atoms with Crippen molar-refractivity contribution in [2.75, 3.05) is 0 Å². The Morgan fingerprint density at radius 3 is 2.55 bits per heavy atom. The van der Waals surface area contributed by atoms with E-state index in [9.17, 15) is 9.18 Å². The second-order valence-corrected chi connectivity index (χ2v) is 5.88. The van der Waals surface area contributed by atoms with Gasteiger partial charge < -0.3 is 0 Å². The molecule has 1 heterocycles. The Morgan fingerprint density at radius 1 is 1.27 bits per heavy atom. The predicted molar refractivity (Wildman–Crippen MR) is 85.6 cm³/mol. The summed E-state index contributed by atoms with van der Waals surface area (Å²) in [5.74, 6) is -0.320. The Bertz CT molecular complexity index is 749. The highest BCUT2D eigenvalue weighted by atomic mass is 19.1. The zero-order valence-electron chi connectivity index (χ0n) is 12.9. The van der Waals surface area contributed by atoms with Gasteiger partial charge in [0.1, 0.15) is 5.82 Å². The Morgan fingerprint density at radius 2 is 1.91 bits per heavy atom. The number of hydrogen-bond acceptors (Lipinski definition) is 2. The van der Waals surface area contributed by atoms with Crippen LogP contribution in [-0.4, -0.2) is 21.5 Å². The summed E-state index contributed by atoms with van der Waals surface area (Å²) in [5, 5.41) is 3.06. The molecule has 116 valence electrons. The van der Waals surface area contributed by atoms with Crippen LogP contribution in [0.3, 0.4) is 0 Å². The maximum atomic E-state index is 13.0. The lowest BCUT2D eigenvalue weighted by Gasteiger charge is -2.04. The smallest absolute Gasteiger partial charge is 0.280 e. The summed E-state index contributed by atoms with van der Waals surface area (Å²) in [5.41, 5.74) is 2.68. The second kappa shape index (κ2) is 5.91. The maximum absolute atomic E-state index is 13.0. The van der Waals surface area contributed by atoms with Crippen molar-refractivity contribution in [3.63, 3.8) is 0 Å². The topological polar surface area (TPSA) is 50.1 Å². The normalized spacial score (nSPS) is 16.4. The van der Waals surface area contributed by atoms with Gasteiger partial charge in [0.2, 0.25) is 0 Å². The van der Waals surface area contributed by atoms with E-state index in [0.29, 0.717) is 17.3 Å². The molecule has 0 saturated heterocycles. The van der Waals surface area contributed by atoms with E-state index in [1.807, 2.05) is 13.8 Å². The van der Waals surface area contributed by atoms with Gasteiger partial charge in [-0.3, -0.25) is 14.9 Å². The van der Waals surface area contributed by atoms with Gasteiger partial charge in [-0.15, -0.1) is 0 Å². The molecular formula is C17H20FN3O. The van der Waals surface area contributed by atoms with E-state index in [4.69, 9.17) is 4.99 Å². The molecular weight excluding hydrogens is 281 g/mol. The van der Waals surface area contributed by atoms with E-state index >= 15 is 0 Å². The summed E-state index contributed by atoms with van der Waals surface area (Å²) < 4.78 is 14.5. The monoisotopic (exact) mass is 301 g/mol. The number of hydrogen-bond donors (Lipinski definition) is 1. The molecule has 0 unspecified atom stereocenters. The molecule has 1 saturated carbocycles. The fourth-order valence-corrected chi connectivity index (χ4v) is 3.12. The zero-order valence-corrected chi connectivity index (χ0v) is 12.9. The molecule has 3 rings (SSSR count). The summed E-state index contributed by atoms with van der Waals surface area (Å²) in [6.07, 6.45) is 4.64. The molecule has 1 aliphatic rings. The molecule has 0 bridgehead atoms. The highest BCUT2D eigenvalue weighted by Crippen LogP contribution is 2.22. The number of benzene rings is 1. The third-order valence-corrected chi connectivity index (χ3v) is 4.22. The maximum Gasteiger partial charge on any atom is 0.280 e. The molecule has 0 atom stereocenters. The first-order valence-electron chi connectivity index (χ1n) is 7.68. The summed E-state index contributed by atoms with van der Waals surface area (Å²) in [7, 11) is 0. The standard InChI is InChI=1S/C17H20FN3O/c1-11(19-14-5-3-4-6-14)16-12(2)20-21(17(16)22)15-9-7-13(18)8-10-15/h7-10,14,20H,3-6H2,1-2H3. The van der Waals surface area contributed by atoms with E-state index in [2.05, 4.69) is 5.10 Å². The van der Waals surface area contributed by atoms with E-state index in [1.54, 1.807) is 12.1 Å². The molecule has 0 radical (unpaired) electrons. The number of rotatable bonds is 3. The highest BCUT2D eigenvalue weighted by molar-refractivity contribution is 5.99. The Labute approximate surface area is 128 Å². The van der Waals surface area contributed by atoms with Crippen molar-refractivity contribution in [2.45, 2.75) is 45.6 Å². The van der Waals surface area contributed by atoms with Crippen molar-refractivity contribution < 1.29 is 4.39 Å². The lowest BCUT2D eigenvalue weighted by Crippen LogP contribution is -2.20. The summed E-state index contributed by atoms with van der Waals surface area (Å²) in [6.45, 7) is 3.76. The summed E-state index contributed by atoms with van der Waals surface area (Å²) >= 11 is 0. The van der Waals surface area contributed by atoms with Crippen LogP contribution < -0.4 is 5.56 Å². The zero-order chi connectivity index (χ0) is 15.7. The first kappa shape index (κ1) is 14.8. The lowest BCUT2D eigenvalue weighted by molar-refractivity contribution is 0.627. The number of aryl methyl sites for hydroxylation is 1. The summed E-state index contributed by atoms with van der Waals surface area (Å²) in [6, 6.07) is 6.20. The molecule has 22 heavy (non-hydrogen) atoms. The fraction of sp³-hybridized carbons (Fsp3) is 0.412. The predicted octanol–water partition coefficient (Wildman–Crippen LogP) is 3.36. The minimum Gasteiger partial charge on any atom is -0.295 e. The van der Waals surface area contributed by atoms with Gasteiger partial charge in [-0.2, -0.15) is 0 Å². The molecule has 1 aliphatic carbocycles. The molecule has 0 amide bonds. The molecule has 2 aromatic rings. The van der Waals surface area contributed by atoms with Crippen LogP contribution in [0.4, 0.5) is 4.39 Å². The number of halogens is 1. The second-order valence-electron chi connectivity index (χ2n) is 5.88. The van der Waals surface area contributed by atoms with Crippen LogP contribution in [0.25, 0.3) is 5.69 Å². The number of nitrogens with zero attached hydrogens (tertiary/aromatic N) is 2. The minimum absolute atomic E-state index is 0.136. The van der Waals surface area contributed by atoms with Crippen molar-refractivity contribution in [2.24, 2.45) is 4.99 Å². The molecule has 0 aliphatic heterocycles. The van der Waals surface area contributed by atoms with E-state index < -0.39 is 0 Å². The van der Waals surface area contributed by atoms with Crippen LogP contribution in [0.2, 0.25) is 0 Å². The van der Waals surface area contributed by atoms with Crippen molar-refractivity contribution in [3.05, 3.63) is 51.7 Å². The van der Waals surface area contributed by atoms with Crippen molar-refractivity contribution in [3.8, 4) is 5.69 Å². The van der Waals surface area contributed by atoms with Crippen molar-refractivity contribution in [1.82, 2.24) is 9.78 Å². The van der Waals surface area contributed by atoms with Crippen LogP contribution in [0.5, 0.6) is 0 Å². The summed E-state index contributed by atoms with van der Waals surface area (Å²) in [4.78, 5) is 17.4. The molecule has 5 heteroatoms. The lowest BCUT2D eigenvalue weighted by atomic mass is 10.1. The van der Waals surface area contributed by atoms with Crippen molar-refractivity contribution >= 4 is 5.71 Å².